The summed E-state index contributed by atoms with van der Waals surface area (Å²) >= 11 is 0.357. The smallest absolute Gasteiger partial charge is 0.425 e. The fourth-order valence-corrected chi connectivity index (χ4v) is 8.06. The SMILES string of the molecule is CCC[C@H]1N(C(=O)c2ncccc2C(F)(F)F)CCC[C@@]1(Oc1csc(C(F)(F)F)c1)C(=O)N1CCC(C#N)(c2ccccc2OCCC(C)(C)C(=O)O)CC1. The number of carbonyl (C=O) groups is 3. The van der Waals surface area contributed by atoms with E-state index in [1.807, 2.05) is 0 Å². The van der Waals surface area contributed by atoms with E-state index in [4.69, 9.17) is 9.47 Å². The molecule has 17 heteroatoms. The number of pyridine rings is 1. The van der Waals surface area contributed by atoms with Gasteiger partial charge in [0.2, 0.25) is 5.60 Å². The predicted octanol–water partition coefficient (Wildman–Crippen LogP) is 8.37. The van der Waals surface area contributed by atoms with Gasteiger partial charge in [0.25, 0.3) is 11.8 Å². The molecule has 2 saturated heterocycles. The molecular weight excluding hydrogens is 767 g/mol. The molecule has 1 N–H and O–H groups in total. The number of piperidine rings is 2. The minimum Gasteiger partial charge on any atom is -0.493 e. The molecule has 2 fully saturated rings. The van der Waals surface area contributed by atoms with Gasteiger partial charge in [0.15, 0.2) is 0 Å². The van der Waals surface area contributed by atoms with Gasteiger partial charge in [-0.2, -0.15) is 31.6 Å². The van der Waals surface area contributed by atoms with E-state index in [1.54, 1.807) is 45.0 Å². The first-order valence-corrected chi connectivity index (χ1v) is 19.0. The Kier molecular flexibility index (Phi) is 12.3. The molecule has 2 amide bonds. The second kappa shape index (κ2) is 16.3. The molecule has 0 spiro atoms. The summed E-state index contributed by atoms with van der Waals surface area (Å²) in [5.41, 5.74) is -5.82. The van der Waals surface area contributed by atoms with E-state index < -0.39 is 68.7 Å². The summed E-state index contributed by atoms with van der Waals surface area (Å²) in [5, 5.41) is 21.2. The number of likely N-dealkylation sites (tertiary alicyclic amines) is 2. The fraction of sp³-hybridized carbons (Fsp3) is 0.513. The zero-order valence-electron chi connectivity index (χ0n) is 31.0. The number of thiophene rings is 1. The molecular formula is C39H42F6N4O6S. The molecule has 56 heavy (non-hydrogen) atoms. The van der Waals surface area contributed by atoms with Gasteiger partial charge in [-0.1, -0.05) is 31.5 Å². The summed E-state index contributed by atoms with van der Waals surface area (Å²) in [6, 6.07) is 10.6. The minimum absolute atomic E-state index is 0.0133. The number of carboxylic acid groups (broad SMARTS) is 1. The van der Waals surface area contributed by atoms with Gasteiger partial charge in [0.1, 0.15) is 22.1 Å². The Labute approximate surface area is 324 Å². The normalized spacial score (nSPS) is 20.2. The first kappa shape index (κ1) is 42.3. The number of nitriles is 1. The Morgan fingerprint density at radius 1 is 1.02 bits per heavy atom. The van der Waals surface area contributed by atoms with E-state index in [1.165, 1.54) is 4.90 Å². The van der Waals surface area contributed by atoms with Crippen molar-refractivity contribution in [1.29, 1.82) is 5.26 Å². The number of nitrogens with zero attached hydrogens (tertiary/aromatic N) is 4. The number of ether oxygens (including phenoxy) is 2. The average molecular weight is 809 g/mol. The lowest BCUT2D eigenvalue weighted by atomic mass is 9.72. The summed E-state index contributed by atoms with van der Waals surface area (Å²) in [6.45, 7) is 4.85. The van der Waals surface area contributed by atoms with E-state index in [-0.39, 0.29) is 70.5 Å². The molecule has 0 aliphatic carbocycles. The van der Waals surface area contributed by atoms with Gasteiger partial charge in [-0.3, -0.25) is 19.4 Å². The van der Waals surface area contributed by atoms with Gasteiger partial charge in [0.05, 0.1) is 35.1 Å². The number of benzene rings is 1. The highest BCUT2D eigenvalue weighted by Crippen LogP contribution is 2.45. The highest BCUT2D eigenvalue weighted by molar-refractivity contribution is 7.10. The molecule has 2 aliphatic rings. The van der Waals surface area contributed by atoms with Crippen LogP contribution in [0.25, 0.3) is 0 Å². The lowest BCUT2D eigenvalue weighted by Crippen LogP contribution is -2.68. The molecule has 5 rings (SSSR count). The van der Waals surface area contributed by atoms with E-state index >= 15 is 0 Å². The largest absolute Gasteiger partial charge is 0.493 e. The van der Waals surface area contributed by atoms with Crippen LogP contribution in [0.4, 0.5) is 26.3 Å². The lowest BCUT2D eigenvalue weighted by Gasteiger charge is -2.51. The third kappa shape index (κ3) is 8.59. The quantitative estimate of drug-likeness (QED) is 0.181. The van der Waals surface area contributed by atoms with Gasteiger partial charge in [0, 0.05) is 49.3 Å². The maximum Gasteiger partial charge on any atom is 0.425 e. The van der Waals surface area contributed by atoms with Crippen LogP contribution in [0.5, 0.6) is 11.5 Å². The maximum atomic E-state index is 15.0. The number of aromatic nitrogens is 1. The number of halogens is 6. The van der Waals surface area contributed by atoms with Crippen LogP contribution in [0.15, 0.2) is 54.0 Å². The molecule has 302 valence electrons. The highest BCUT2D eigenvalue weighted by atomic mass is 32.1. The second-order valence-corrected chi connectivity index (χ2v) is 15.6. The highest BCUT2D eigenvalue weighted by Gasteiger charge is 2.57. The van der Waals surface area contributed by atoms with E-state index in [0.29, 0.717) is 29.1 Å². The lowest BCUT2D eigenvalue weighted by molar-refractivity contribution is -0.160. The number of carboxylic acids is 1. The molecule has 2 aliphatic heterocycles. The Hall–Kier alpha value is -4.85. The van der Waals surface area contributed by atoms with Gasteiger partial charge in [-0.05, 0) is 64.2 Å². The van der Waals surface area contributed by atoms with Crippen molar-refractivity contribution in [2.24, 2.45) is 5.41 Å². The molecule has 0 bridgehead atoms. The number of alkyl halides is 6. The van der Waals surface area contributed by atoms with Crippen LogP contribution >= 0.6 is 11.3 Å². The van der Waals surface area contributed by atoms with Gasteiger partial charge >= 0.3 is 18.3 Å². The van der Waals surface area contributed by atoms with Crippen molar-refractivity contribution in [2.75, 3.05) is 26.2 Å². The third-order valence-electron chi connectivity index (χ3n) is 10.6. The predicted molar refractivity (Wildman–Crippen MR) is 192 cm³/mol. The van der Waals surface area contributed by atoms with Crippen molar-refractivity contribution in [3.8, 4) is 17.6 Å². The monoisotopic (exact) mass is 808 g/mol. The Morgan fingerprint density at radius 3 is 2.32 bits per heavy atom. The molecule has 2 atom stereocenters. The number of para-hydroxylation sites is 1. The van der Waals surface area contributed by atoms with Crippen molar-refractivity contribution >= 4 is 29.1 Å². The van der Waals surface area contributed by atoms with Crippen molar-refractivity contribution in [3.05, 3.63) is 75.7 Å². The number of amides is 2. The molecule has 2 aromatic heterocycles. The molecule has 1 aromatic carbocycles. The van der Waals surface area contributed by atoms with Crippen molar-refractivity contribution in [2.45, 2.75) is 95.1 Å². The Morgan fingerprint density at radius 2 is 1.71 bits per heavy atom. The molecule has 4 heterocycles. The molecule has 0 unspecified atom stereocenters. The third-order valence-corrected chi connectivity index (χ3v) is 11.6. The van der Waals surface area contributed by atoms with Crippen LogP contribution in [0.1, 0.15) is 92.2 Å². The number of carbonyl (C=O) groups excluding carboxylic acids is 2. The summed E-state index contributed by atoms with van der Waals surface area (Å²) < 4.78 is 95.7. The topological polar surface area (TPSA) is 133 Å². The van der Waals surface area contributed by atoms with Crippen molar-refractivity contribution in [1.82, 2.24) is 14.8 Å². The first-order valence-electron chi connectivity index (χ1n) is 18.1. The summed E-state index contributed by atoms with van der Waals surface area (Å²) in [4.78, 5) is 46.0. The molecule has 3 aromatic rings. The summed E-state index contributed by atoms with van der Waals surface area (Å²) in [6.07, 6.45) is -7.80. The second-order valence-electron chi connectivity index (χ2n) is 14.7. The van der Waals surface area contributed by atoms with Crippen LogP contribution in [-0.4, -0.2) is 75.6 Å². The fourth-order valence-electron chi connectivity index (χ4n) is 7.39. The zero-order chi connectivity index (χ0) is 41.1. The van der Waals surface area contributed by atoms with Crippen molar-refractivity contribution in [3.63, 3.8) is 0 Å². The molecule has 0 saturated carbocycles. The number of hydrogen-bond donors (Lipinski definition) is 1. The van der Waals surface area contributed by atoms with Gasteiger partial charge < -0.3 is 24.4 Å². The van der Waals surface area contributed by atoms with Crippen molar-refractivity contribution < 1.29 is 55.3 Å². The summed E-state index contributed by atoms with van der Waals surface area (Å²) in [7, 11) is 0. The number of rotatable bonds is 12. The minimum atomic E-state index is -4.93. The molecule has 0 radical (unpaired) electrons. The Bertz CT molecular complexity index is 1950. The van der Waals surface area contributed by atoms with Gasteiger partial charge in [-0.15, -0.1) is 11.3 Å². The van der Waals surface area contributed by atoms with E-state index in [9.17, 15) is 51.1 Å². The Balaban J connectivity index is 1.49. The van der Waals surface area contributed by atoms with Gasteiger partial charge in [-0.25, -0.2) is 0 Å². The van der Waals surface area contributed by atoms with Crippen LogP contribution in [-0.2, 0) is 27.4 Å². The maximum absolute atomic E-state index is 15.0. The van der Waals surface area contributed by atoms with E-state index in [2.05, 4.69) is 11.1 Å². The van der Waals surface area contributed by atoms with Crippen LogP contribution in [0.2, 0.25) is 0 Å². The molecule has 10 nitrogen and oxygen atoms in total. The number of hydrogen-bond acceptors (Lipinski definition) is 8. The zero-order valence-corrected chi connectivity index (χ0v) is 31.8. The van der Waals surface area contributed by atoms with Crippen LogP contribution in [0, 0.1) is 16.7 Å². The van der Waals surface area contributed by atoms with E-state index in [0.717, 1.165) is 34.7 Å². The van der Waals surface area contributed by atoms with Crippen LogP contribution in [0.3, 0.4) is 0 Å². The standard InChI is InChI=1S/C39H42F6N4O6S/c1-4-9-29-37(55-25-22-30(56-23-25)39(43,44)45,13-8-18-49(29)32(50)31-27(38(40,41)42)11-7-17-47-31)33(51)48-19-14-36(24-46,15-20-48)26-10-5-6-12-28(26)54-21-16-35(2,3)34(52)53/h5-7,10-12,17,22-23,29H,4,8-9,13-16,18-21H2,1-3H3,(H,52,53)/t29-,37+/m1/s1. The average Bonchev–Trinajstić information content (AvgIpc) is 3.64. The number of aliphatic carboxylic acids is 1. The van der Waals surface area contributed by atoms with Crippen LogP contribution < -0.4 is 9.47 Å². The first-order chi connectivity index (χ1) is 26.3. The summed E-state index contributed by atoms with van der Waals surface area (Å²) in [5.74, 6) is -2.65.